The molecule has 0 amide bonds. The molecule has 1 heterocycles. The van der Waals surface area contributed by atoms with Gasteiger partial charge in [0.1, 0.15) is 0 Å². The summed E-state index contributed by atoms with van der Waals surface area (Å²) in [6.45, 7) is 11.4. The molecule has 1 aliphatic rings. The summed E-state index contributed by atoms with van der Waals surface area (Å²) < 4.78 is 2.36. The van der Waals surface area contributed by atoms with E-state index in [2.05, 4.69) is 63.6 Å². The zero-order valence-corrected chi connectivity index (χ0v) is 11.8. The van der Waals surface area contributed by atoms with Gasteiger partial charge in [-0.25, -0.2) is 0 Å². The van der Waals surface area contributed by atoms with E-state index in [-0.39, 0.29) is 0 Å². The second kappa shape index (κ2) is 4.72. The fourth-order valence-electron chi connectivity index (χ4n) is 3.18. The van der Waals surface area contributed by atoms with Crippen molar-refractivity contribution in [3.63, 3.8) is 0 Å². The third-order valence-electron chi connectivity index (χ3n) is 4.25. The zero-order valence-electron chi connectivity index (χ0n) is 11.8. The molecule has 0 aromatic carbocycles. The highest BCUT2D eigenvalue weighted by molar-refractivity contribution is 5.33. The van der Waals surface area contributed by atoms with Crippen LogP contribution in [0.5, 0.6) is 0 Å². The predicted molar refractivity (Wildman–Crippen MR) is 75.1 cm³/mol. The number of hydrogen-bond donors (Lipinski definition) is 0. The van der Waals surface area contributed by atoms with E-state index in [9.17, 15) is 0 Å². The number of rotatable bonds is 2. The second-order valence-corrected chi connectivity index (χ2v) is 5.88. The van der Waals surface area contributed by atoms with Gasteiger partial charge in [0, 0.05) is 17.6 Å². The molecule has 0 spiro atoms. The molecule has 0 saturated heterocycles. The summed E-state index contributed by atoms with van der Waals surface area (Å²) in [5, 5.41) is 2.80. The molecule has 1 aromatic heterocycles. The Bertz CT molecular complexity index is 484. The maximum atomic E-state index is 2.49. The van der Waals surface area contributed by atoms with Crippen molar-refractivity contribution < 1.29 is 0 Å². The zero-order chi connectivity index (χ0) is 12.6. The van der Waals surface area contributed by atoms with Crippen molar-refractivity contribution in [2.45, 2.75) is 47.1 Å². The van der Waals surface area contributed by atoms with E-state index in [4.69, 9.17) is 0 Å². The van der Waals surface area contributed by atoms with Gasteiger partial charge in [0.15, 0.2) is 0 Å². The molecule has 17 heavy (non-hydrogen) atoms. The lowest BCUT2D eigenvalue weighted by molar-refractivity contribution is 0.162. The van der Waals surface area contributed by atoms with Crippen LogP contribution in [-0.2, 0) is 0 Å². The molecule has 1 nitrogen and oxygen atoms in total. The highest BCUT2D eigenvalue weighted by atomic mass is 15.0. The fourth-order valence-corrected chi connectivity index (χ4v) is 3.18. The van der Waals surface area contributed by atoms with Gasteiger partial charge in [-0.2, -0.15) is 0 Å². The Labute approximate surface area is 105 Å². The third kappa shape index (κ3) is 2.20. The summed E-state index contributed by atoms with van der Waals surface area (Å²) in [5.74, 6) is 2.49. The molecule has 1 aliphatic carbocycles. The normalized spacial score (nSPS) is 31.1. The van der Waals surface area contributed by atoms with Crippen LogP contribution in [0.2, 0.25) is 0 Å². The summed E-state index contributed by atoms with van der Waals surface area (Å²) in [6, 6.07) is 2.81. The van der Waals surface area contributed by atoms with Crippen LogP contribution in [0.15, 0.2) is 12.3 Å². The maximum absolute atomic E-state index is 2.49. The standard InChI is InChI=1S/C16H25N/c1-6-16-14(7-8-17(16)11(2)3)10-15-12(4)9-13(15)5/h6-8,10-13,15H,9H2,1-5H3/b14-10-,16-6+. The van der Waals surface area contributed by atoms with Gasteiger partial charge in [-0.15, -0.1) is 0 Å². The Kier molecular flexibility index (Phi) is 3.46. The molecule has 0 N–H and O–H groups in total. The first-order valence-corrected chi connectivity index (χ1v) is 6.89. The van der Waals surface area contributed by atoms with Crippen molar-refractivity contribution in [3.05, 3.63) is 22.8 Å². The smallest absolute Gasteiger partial charge is 0.0436 e. The minimum atomic E-state index is 0.541. The molecular formula is C16H25N. The molecule has 0 radical (unpaired) electrons. The highest BCUT2D eigenvalue weighted by Crippen LogP contribution is 2.40. The number of hydrogen-bond acceptors (Lipinski definition) is 0. The Balaban J connectivity index is 2.43. The predicted octanol–water partition coefficient (Wildman–Crippen LogP) is 2.94. The van der Waals surface area contributed by atoms with Gasteiger partial charge in [0.25, 0.3) is 0 Å². The van der Waals surface area contributed by atoms with E-state index in [1.807, 2.05) is 0 Å². The van der Waals surface area contributed by atoms with Crippen molar-refractivity contribution in [2.24, 2.45) is 17.8 Å². The number of aromatic nitrogens is 1. The topological polar surface area (TPSA) is 4.93 Å². The average molecular weight is 231 g/mol. The van der Waals surface area contributed by atoms with E-state index < -0.39 is 0 Å². The lowest BCUT2D eigenvalue weighted by atomic mass is 9.66. The van der Waals surface area contributed by atoms with Gasteiger partial charge < -0.3 is 4.57 Å². The maximum Gasteiger partial charge on any atom is 0.0436 e. The molecule has 2 rings (SSSR count). The van der Waals surface area contributed by atoms with Crippen LogP contribution in [-0.4, -0.2) is 4.57 Å². The van der Waals surface area contributed by atoms with Crippen molar-refractivity contribution >= 4 is 12.2 Å². The van der Waals surface area contributed by atoms with Gasteiger partial charge in [0.05, 0.1) is 0 Å². The summed E-state index contributed by atoms with van der Waals surface area (Å²) in [6.07, 6.45) is 8.34. The van der Waals surface area contributed by atoms with Gasteiger partial charge in [0.2, 0.25) is 0 Å². The fraction of sp³-hybridized carbons (Fsp3) is 0.625. The summed E-state index contributed by atoms with van der Waals surface area (Å²) in [4.78, 5) is 0. The Morgan fingerprint density at radius 3 is 2.41 bits per heavy atom. The van der Waals surface area contributed by atoms with Crippen LogP contribution in [0.4, 0.5) is 0 Å². The Morgan fingerprint density at radius 2 is 1.94 bits per heavy atom. The van der Waals surface area contributed by atoms with Crippen molar-refractivity contribution in [1.82, 2.24) is 4.57 Å². The van der Waals surface area contributed by atoms with E-state index in [0.29, 0.717) is 6.04 Å². The average Bonchev–Trinajstić information content (AvgIpc) is 2.69. The van der Waals surface area contributed by atoms with Crippen LogP contribution in [0, 0.1) is 17.8 Å². The first-order chi connectivity index (χ1) is 8.04. The van der Waals surface area contributed by atoms with Crippen molar-refractivity contribution in [2.75, 3.05) is 0 Å². The minimum Gasteiger partial charge on any atom is -0.345 e. The van der Waals surface area contributed by atoms with E-state index in [1.54, 1.807) is 0 Å². The third-order valence-corrected chi connectivity index (χ3v) is 4.25. The van der Waals surface area contributed by atoms with Crippen molar-refractivity contribution in [1.29, 1.82) is 0 Å². The summed E-state index contributed by atoms with van der Waals surface area (Å²) in [5.41, 5.74) is 0. The van der Waals surface area contributed by atoms with Crippen LogP contribution in [0.1, 0.15) is 47.1 Å². The minimum absolute atomic E-state index is 0.541. The molecule has 1 aromatic rings. The van der Waals surface area contributed by atoms with Gasteiger partial charge in [-0.1, -0.05) is 26.0 Å². The second-order valence-electron chi connectivity index (χ2n) is 5.88. The van der Waals surface area contributed by atoms with Gasteiger partial charge in [-0.3, -0.25) is 0 Å². The Hall–Kier alpha value is -0.980. The van der Waals surface area contributed by atoms with E-state index >= 15 is 0 Å². The van der Waals surface area contributed by atoms with Crippen molar-refractivity contribution in [3.8, 4) is 0 Å². The lowest BCUT2D eigenvalue weighted by Crippen LogP contribution is -2.36. The molecule has 1 heteroatoms. The largest absolute Gasteiger partial charge is 0.345 e. The van der Waals surface area contributed by atoms with Gasteiger partial charge >= 0.3 is 0 Å². The molecule has 2 atom stereocenters. The van der Waals surface area contributed by atoms with E-state index in [0.717, 1.165) is 17.8 Å². The van der Waals surface area contributed by atoms with Crippen LogP contribution in [0.25, 0.3) is 12.2 Å². The molecular weight excluding hydrogens is 206 g/mol. The lowest BCUT2D eigenvalue weighted by Gasteiger charge is -2.39. The molecule has 2 unspecified atom stereocenters. The first kappa shape index (κ1) is 12.5. The van der Waals surface area contributed by atoms with Gasteiger partial charge in [-0.05, 0) is 56.2 Å². The van der Waals surface area contributed by atoms with E-state index in [1.165, 1.54) is 17.0 Å². The molecule has 1 saturated carbocycles. The SMILES string of the molecule is C/C=c1\c(=C/C2C(C)CC2C)ccn1C(C)C. The molecule has 0 bridgehead atoms. The molecule has 94 valence electrons. The van der Waals surface area contributed by atoms with Crippen LogP contribution < -0.4 is 10.6 Å². The molecule has 0 aliphatic heterocycles. The summed E-state index contributed by atoms with van der Waals surface area (Å²) >= 11 is 0. The van der Waals surface area contributed by atoms with Crippen LogP contribution >= 0.6 is 0 Å². The van der Waals surface area contributed by atoms with Crippen LogP contribution in [0.3, 0.4) is 0 Å². The monoisotopic (exact) mass is 231 g/mol. The number of nitrogens with zero attached hydrogens (tertiary/aromatic N) is 1. The quantitative estimate of drug-likeness (QED) is 0.737. The molecule has 1 fully saturated rings. The summed E-state index contributed by atoms with van der Waals surface area (Å²) in [7, 11) is 0. The highest BCUT2D eigenvalue weighted by Gasteiger charge is 2.32. The first-order valence-electron chi connectivity index (χ1n) is 6.89. The Morgan fingerprint density at radius 1 is 1.29 bits per heavy atom.